The van der Waals surface area contributed by atoms with Gasteiger partial charge in [0.1, 0.15) is 10.6 Å². The van der Waals surface area contributed by atoms with Crippen molar-refractivity contribution in [2.45, 2.75) is 20.8 Å². The Morgan fingerprint density at radius 1 is 1.19 bits per heavy atom. The number of rotatable bonds is 5. The third kappa shape index (κ3) is 3.55. The number of hydrogen-bond acceptors (Lipinski definition) is 5. The number of furan rings is 1. The molecule has 6 heteroatoms. The van der Waals surface area contributed by atoms with E-state index in [1.165, 1.54) is 23.2 Å². The maximum absolute atomic E-state index is 12.6. The molecule has 3 rings (SSSR count). The summed E-state index contributed by atoms with van der Waals surface area (Å²) in [6.45, 7) is 6.07. The molecule has 3 aromatic rings. The van der Waals surface area contributed by atoms with E-state index in [0.717, 1.165) is 16.7 Å². The molecule has 134 valence electrons. The molecule has 0 fully saturated rings. The van der Waals surface area contributed by atoms with Crippen molar-refractivity contribution in [2.75, 3.05) is 11.9 Å². The lowest BCUT2D eigenvalue weighted by molar-refractivity contribution is 0.0529. The average molecular weight is 369 g/mol. The molecule has 0 saturated carbocycles. The van der Waals surface area contributed by atoms with Crippen LogP contribution in [0.1, 0.15) is 39.0 Å². The number of thiophene rings is 1. The van der Waals surface area contributed by atoms with Gasteiger partial charge in [0.15, 0.2) is 5.76 Å². The highest BCUT2D eigenvalue weighted by molar-refractivity contribution is 7.15. The number of carbonyl (C=O) groups excluding carboxylic acids is 2. The van der Waals surface area contributed by atoms with Gasteiger partial charge in [0.2, 0.25) is 0 Å². The molecule has 0 atom stereocenters. The number of hydrogen-bond donors (Lipinski definition) is 1. The molecule has 0 aliphatic rings. The number of esters is 1. The normalized spacial score (nSPS) is 10.6. The Morgan fingerprint density at radius 3 is 2.65 bits per heavy atom. The lowest BCUT2D eigenvalue weighted by Gasteiger charge is -2.09. The lowest BCUT2D eigenvalue weighted by Crippen LogP contribution is -2.14. The van der Waals surface area contributed by atoms with Crippen molar-refractivity contribution < 1.29 is 18.7 Å². The summed E-state index contributed by atoms with van der Waals surface area (Å²) in [7, 11) is 0. The molecule has 1 aromatic carbocycles. The van der Waals surface area contributed by atoms with Crippen molar-refractivity contribution in [2.24, 2.45) is 0 Å². The van der Waals surface area contributed by atoms with Gasteiger partial charge in [-0.1, -0.05) is 18.2 Å². The molecule has 2 aromatic heterocycles. The van der Waals surface area contributed by atoms with E-state index in [9.17, 15) is 9.59 Å². The first-order valence-electron chi connectivity index (χ1n) is 8.22. The van der Waals surface area contributed by atoms with Gasteiger partial charge >= 0.3 is 5.97 Å². The van der Waals surface area contributed by atoms with Gasteiger partial charge in [0.05, 0.1) is 12.9 Å². The smallest absolute Gasteiger partial charge is 0.341 e. The van der Waals surface area contributed by atoms with E-state index in [1.54, 1.807) is 19.1 Å². The minimum absolute atomic E-state index is 0.181. The lowest BCUT2D eigenvalue weighted by atomic mass is 9.99. The summed E-state index contributed by atoms with van der Waals surface area (Å²) in [5, 5.41) is 5.05. The summed E-state index contributed by atoms with van der Waals surface area (Å²) in [5.74, 6) is -0.688. The summed E-state index contributed by atoms with van der Waals surface area (Å²) in [6, 6.07) is 9.20. The molecular formula is C20H19NO4S. The molecule has 0 aliphatic carbocycles. The average Bonchev–Trinajstić information content (AvgIpc) is 3.27. The van der Waals surface area contributed by atoms with E-state index in [0.29, 0.717) is 10.6 Å². The van der Waals surface area contributed by atoms with Crippen LogP contribution in [0.3, 0.4) is 0 Å². The number of anilines is 1. The predicted molar refractivity (Wildman–Crippen MR) is 102 cm³/mol. The van der Waals surface area contributed by atoms with Crippen LogP contribution >= 0.6 is 11.3 Å². The van der Waals surface area contributed by atoms with Crippen LogP contribution in [0.5, 0.6) is 0 Å². The molecule has 0 bridgehead atoms. The topological polar surface area (TPSA) is 68.5 Å². The maximum atomic E-state index is 12.6. The number of carbonyl (C=O) groups is 2. The second kappa shape index (κ2) is 7.58. The molecule has 2 heterocycles. The van der Waals surface area contributed by atoms with Crippen molar-refractivity contribution in [1.82, 2.24) is 0 Å². The first-order chi connectivity index (χ1) is 12.5. The zero-order chi connectivity index (χ0) is 18.7. The van der Waals surface area contributed by atoms with E-state index in [2.05, 4.69) is 5.32 Å². The van der Waals surface area contributed by atoms with Crippen LogP contribution in [0.25, 0.3) is 11.1 Å². The molecule has 0 radical (unpaired) electrons. The zero-order valence-corrected chi connectivity index (χ0v) is 15.6. The maximum Gasteiger partial charge on any atom is 0.341 e. The largest absolute Gasteiger partial charge is 0.462 e. The van der Waals surface area contributed by atoms with Gasteiger partial charge in [-0.3, -0.25) is 4.79 Å². The quantitative estimate of drug-likeness (QED) is 0.639. The molecule has 0 spiro atoms. The van der Waals surface area contributed by atoms with Gasteiger partial charge in [-0.15, -0.1) is 11.3 Å². The van der Waals surface area contributed by atoms with Gasteiger partial charge in [0, 0.05) is 10.9 Å². The standard InChI is InChI=1S/C20H19NO4S/c1-4-24-20(23)17-15(14-8-7-12(2)13(3)10-14)11-26-19(17)21-18(22)16-6-5-9-25-16/h5-11H,4H2,1-3H3,(H,21,22). The van der Waals surface area contributed by atoms with Crippen LogP contribution in [-0.2, 0) is 4.74 Å². The molecule has 26 heavy (non-hydrogen) atoms. The highest BCUT2D eigenvalue weighted by Crippen LogP contribution is 2.37. The van der Waals surface area contributed by atoms with E-state index >= 15 is 0 Å². The summed E-state index contributed by atoms with van der Waals surface area (Å²) in [5.41, 5.74) is 4.31. The number of amides is 1. The van der Waals surface area contributed by atoms with Crippen molar-refractivity contribution >= 4 is 28.2 Å². The minimum Gasteiger partial charge on any atom is -0.462 e. The van der Waals surface area contributed by atoms with Gasteiger partial charge in [-0.2, -0.15) is 0 Å². The molecular weight excluding hydrogens is 350 g/mol. The molecule has 0 aliphatic heterocycles. The zero-order valence-electron chi connectivity index (χ0n) is 14.8. The molecule has 0 unspecified atom stereocenters. The monoisotopic (exact) mass is 369 g/mol. The van der Waals surface area contributed by atoms with Crippen LogP contribution < -0.4 is 5.32 Å². The van der Waals surface area contributed by atoms with Crippen molar-refractivity contribution in [3.63, 3.8) is 0 Å². The van der Waals surface area contributed by atoms with Crippen molar-refractivity contribution in [1.29, 1.82) is 0 Å². The first kappa shape index (κ1) is 17.9. The molecule has 1 N–H and O–H groups in total. The summed E-state index contributed by atoms with van der Waals surface area (Å²) in [6.07, 6.45) is 1.43. The van der Waals surface area contributed by atoms with Crippen LogP contribution in [0, 0.1) is 13.8 Å². The Hall–Kier alpha value is -2.86. The first-order valence-corrected chi connectivity index (χ1v) is 9.10. The summed E-state index contributed by atoms with van der Waals surface area (Å²) >= 11 is 1.29. The predicted octanol–water partition coefficient (Wildman–Crippen LogP) is 5.05. The number of aryl methyl sites for hydroxylation is 2. The van der Waals surface area contributed by atoms with Crippen LogP contribution in [0.4, 0.5) is 5.00 Å². The summed E-state index contributed by atoms with van der Waals surface area (Å²) in [4.78, 5) is 24.9. The fourth-order valence-corrected chi connectivity index (χ4v) is 3.50. The van der Waals surface area contributed by atoms with E-state index in [4.69, 9.17) is 9.15 Å². The highest BCUT2D eigenvalue weighted by atomic mass is 32.1. The summed E-state index contributed by atoms with van der Waals surface area (Å²) < 4.78 is 10.3. The number of benzene rings is 1. The van der Waals surface area contributed by atoms with Gasteiger partial charge < -0.3 is 14.5 Å². The van der Waals surface area contributed by atoms with E-state index in [-0.39, 0.29) is 12.4 Å². The van der Waals surface area contributed by atoms with Crippen molar-refractivity contribution in [3.05, 3.63) is 64.4 Å². The van der Waals surface area contributed by atoms with Crippen LogP contribution in [0.2, 0.25) is 0 Å². The fraction of sp³-hybridized carbons (Fsp3) is 0.200. The van der Waals surface area contributed by atoms with Gasteiger partial charge in [0.25, 0.3) is 5.91 Å². The fourth-order valence-electron chi connectivity index (χ4n) is 2.55. The number of nitrogens with one attached hydrogen (secondary N) is 1. The Labute approximate surface area is 155 Å². The Bertz CT molecular complexity index is 941. The second-order valence-corrected chi connectivity index (χ2v) is 6.68. The van der Waals surface area contributed by atoms with Gasteiger partial charge in [-0.25, -0.2) is 4.79 Å². The van der Waals surface area contributed by atoms with Crippen LogP contribution in [-0.4, -0.2) is 18.5 Å². The van der Waals surface area contributed by atoms with E-state index in [1.807, 2.05) is 37.4 Å². The third-order valence-corrected chi connectivity index (χ3v) is 4.96. The SMILES string of the molecule is CCOC(=O)c1c(-c2ccc(C)c(C)c2)csc1NC(=O)c1ccco1. The van der Waals surface area contributed by atoms with E-state index < -0.39 is 11.9 Å². The second-order valence-electron chi connectivity index (χ2n) is 5.80. The molecule has 1 amide bonds. The van der Waals surface area contributed by atoms with Gasteiger partial charge in [-0.05, 0) is 49.6 Å². The third-order valence-electron chi connectivity index (χ3n) is 4.06. The Morgan fingerprint density at radius 2 is 2.00 bits per heavy atom. The highest BCUT2D eigenvalue weighted by Gasteiger charge is 2.23. The van der Waals surface area contributed by atoms with Crippen LogP contribution in [0.15, 0.2) is 46.4 Å². The Balaban J connectivity index is 2.02. The minimum atomic E-state index is -0.461. The Kier molecular flexibility index (Phi) is 5.23. The molecule has 5 nitrogen and oxygen atoms in total. The molecule has 0 saturated heterocycles. The number of ether oxygens (including phenoxy) is 1. The van der Waals surface area contributed by atoms with Crippen molar-refractivity contribution in [3.8, 4) is 11.1 Å².